The lowest BCUT2D eigenvalue weighted by molar-refractivity contribution is -0.144. The van der Waals surface area contributed by atoms with E-state index in [0.717, 1.165) is 0 Å². The average Bonchev–Trinajstić information content (AvgIpc) is 1.82. The summed E-state index contributed by atoms with van der Waals surface area (Å²) in [7, 11) is 0. The molecule has 8 heteroatoms. The Morgan fingerprint density at radius 1 is 0.917 bits per heavy atom. The van der Waals surface area contributed by atoms with Gasteiger partial charge in [0.25, 0.3) is 0 Å². The third kappa shape index (κ3) is 1.71. The van der Waals surface area contributed by atoms with Crippen molar-refractivity contribution in [3.8, 4) is 0 Å². The Morgan fingerprint density at radius 3 is 1.67 bits per heavy atom. The maximum absolute atomic E-state index is 11.9. The zero-order valence-electron chi connectivity index (χ0n) is 5.63. The van der Waals surface area contributed by atoms with E-state index in [-0.39, 0.29) is 0 Å². The lowest BCUT2D eigenvalue weighted by Crippen LogP contribution is -2.15. The minimum absolute atomic E-state index is 0.546. The van der Waals surface area contributed by atoms with Crippen LogP contribution in [0.4, 0.5) is 25.1 Å². The third-order valence-corrected chi connectivity index (χ3v) is 0.924. The largest absolute Gasteiger partial charge is 0.451 e. The van der Waals surface area contributed by atoms with Crippen LogP contribution in [0.2, 0.25) is 0 Å². The molecule has 4 N–H and O–H groups in total. The molecule has 5 nitrogen and oxygen atoms in total. The van der Waals surface area contributed by atoms with Gasteiger partial charge in [-0.05, 0) is 0 Å². The molecule has 0 bridgehead atoms. The molecule has 0 atom stereocenters. The van der Waals surface area contributed by atoms with E-state index in [4.69, 9.17) is 11.5 Å². The number of hydrogen-bond donors (Lipinski definition) is 2. The van der Waals surface area contributed by atoms with Gasteiger partial charge in [0.15, 0.2) is 0 Å². The minimum Gasteiger partial charge on any atom is -0.368 e. The van der Waals surface area contributed by atoms with Crippen molar-refractivity contribution in [2.45, 2.75) is 6.18 Å². The van der Waals surface area contributed by atoms with Crippen molar-refractivity contribution in [2.24, 2.45) is 0 Å². The number of anilines is 2. The molecule has 1 aromatic rings. The first-order valence-corrected chi connectivity index (χ1v) is 2.74. The molecule has 1 rings (SSSR count). The molecular formula is C4H4F3N5. The molecule has 0 radical (unpaired) electrons. The van der Waals surface area contributed by atoms with Gasteiger partial charge >= 0.3 is 6.18 Å². The van der Waals surface area contributed by atoms with Gasteiger partial charge in [0.1, 0.15) is 0 Å². The van der Waals surface area contributed by atoms with E-state index in [1.165, 1.54) is 0 Å². The Balaban J connectivity index is 3.18. The van der Waals surface area contributed by atoms with Crippen LogP contribution in [0.3, 0.4) is 0 Å². The van der Waals surface area contributed by atoms with E-state index < -0.39 is 23.9 Å². The SMILES string of the molecule is Nc1nc(N)nc(C(F)(F)F)n1. The van der Waals surface area contributed by atoms with Crippen LogP contribution in [-0.4, -0.2) is 15.0 Å². The average molecular weight is 179 g/mol. The van der Waals surface area contributed by atoms with Gasteiger partial charge in [0.2, 0.25) is 17.7 Å². The highest BCUT2D eigenvalue weighted by Crippen LogP contribution is 2.26. The number of nitrogens with zero attached hydrogens (tertiary/aromatic N) is 3. The monoisotopic (exact) mass is 179 g/mol. The quantitative estimate of drug-likeness (QED) is 0.587. The predicted molar refractivity (Wildman–Crippen MR) is 33.7 cm³/mol. The van der Waals surface area contributed by atoms with Crippen molar-refractivity contribution in [1.82, 2.24) is 15.0 Å². The number of alkyl halides is 3. The highest BCUT2D eigenvalue weighted by molar-refractivity contribution is 5.26. The van der Waals surface area contributed by atoms with Gasteiger partial charge in [-0.15, -0.1) is 0 Å². The molecule has 12 heavy (non-hydrogen) atoms. The van der Waals surface area contributed by atoms with Crippen molar-refractivity contribution >= 4 is 11.9 Å². The van der Waals surface area contributed by atoms with Gasteiger partial charge in [-0.2, -0.15) is 28.1 Å². The number of hydrogen-bond acceptors (Lipinski definition) is 5. The highest BCUT2D eigenvalue weighted by atomic mass is 19.4. The first kappa shape index (κ1) is 8.50. The first-order valence-electron chi connectivity index (χ1n) is 2.74. The molecule has 1 aromatic heterocycles. The lowest BCUT2D eigenvalue weighted by atomic mass is 10.6. The van der Waals surface area contributed by atoms with Crippen molar-refractivity contribution < 1.29 is 13.2 Å². The van der Waals surface area contributed by atoms with Gasteiger partial charge in [-0.1, -0.05) is 0 Å². The van der Waals surface area contributed by atoms with E-state index >= 15 is 0 Å². The Hall–Kier alpha value is -1.60. The standard InChI is InChI=1S/C4H4F3N5/c5-4(6,7)1-10-2(8)12-3(9)11-1/h(H4,8,9,10,11,12). The van der Waals surface area contributed by atoms with Crippen LogP contribution < -0.4 is 11.5 Å². The lowest BCUT2D eigenvalue weighted by Gasteiger charge is -2.04. The fourth-order valence-corrected chi connectivity index (χ4v) is 0.536. The van der Waals surface area contributed by atoms with Gasteiger partial charge in [0.05, 0.1) is 0 Å². The van der Waals surface area contributed by atoms with E-state index in [1.54, 1.807) is 0 Å². The molecule has 0 aliphatic rings. The van der Waals surface area contributed by atoms with E-state index in [9.17, 15) is 13.2 Å². The number of nitrogens with two attached hydrogens (primary N) is 2. The summed E-state index contributed by atoms with van der Waals surface area (Å²) < 4.78 is 35.7. The summed E-state index contributed by atoms with van der Waals surface area (Å²) >= 11 is 0. The van der Waals surface area contributed by atoms with Gasteiger partial charge < -0.3 is 11.5 Å². The number of halogens is 3. The predicted octanol–water partition coefficient (Wildman–Crippen LogP) is 0.0548. The van der Waals surface area contributed by atoms with E-state index in [1.807, 2.05) is 0 Å². The van der Waals surface area contributed by atoms with Crippen LogP contribution in [0, 0.1) is 0 Å². The summed E-state index contributed by atoms with van der Waals surface area (Å²) in [6, 6.07) is 0. The molecule has 0 saturated carbocycles. The molecule has 0 fully saturated rings. The Labute approximate surface area is 64.6 Å². The van der Waals surface area contributed by atoms with E-state index in [0.29, 0.717) is 0 Å². The maximum Gasteiger partial charge on any atom is 0.451 e. The minimum atomic E-state index is -4.65. The summed E-state index contributed by atoms with van der Waals surface area (Å²) in [5.41, 5.74) is 9.83. The maximum atomic E-state index is 11.9. The van der Waals surface area contributed by atoms with Crippen molar-refractivity contribution in [3.05, 3.63) is 5.82 Å². The molecule has 0 spiro atoms. The Morgan fingerprint density at radius 2 is 1.33 bits per heavy atom. The second kappa shape index (κ2) is 2.47. The molecule has 0 aliphatic carbocycles. The van der Waals surface area contributed by atoms with Crippen LogP contribution in [0.5, 0.6) is 0 Å². The second-order valence-electron chi connectivity index (χ2n) is 1.87. The molecule has 0 aliphatic heterocycles. The summed E-state index contributed by atoms with van der Waals surface area (Å²) in [5, 5.41) is 0. The summed E-state index contributed by atoms with van der Waals surface area (Å²) in [5.74, 6) is -2.47. The number of rotatable bonds is 0. The zero-order chi connectivity index (χ0) is 9.35. The van der Waals surface area contributed by atoms with Crippen LogP contribution in [0.1, 0.15) is 5.82 Å². The molecule has 0 amide bonds. The van der Waals surface area contributed by atoms with Gasteiger partial charge in [-0.3, -0.25) is 0 Å². The topological polar surface area (TPSA) is 90.7 Å². The molecule has 1 heterocycles. The normalized spacial score (nSPS) is 11.6. The Bertz CT molecular complexity index is 275. The van der Waals surface area contributed by atoms with Crippen LogP contribution in [-0.2, 0) is 6.18 Å². The van der Waals surface area contributed by atoms with Crippen LogP contribution in [0.25, 0.3) is 0 Å². The van der Waals surface area contributed by atoms with E-state index in [2.05, 4.69) is 15.0 Å². The summed E-state index contributed by atoms with van der Waals surface area (Å²) in [6.45, 7) is 0. The number of aromatic nitrogens is 3. The van der Waals surface area contributed by atoms with Gasteiger partial charge in [0, 0.05) is 0 Å². The smallest absolute Gasteiger partial charge is 0.368 e. The second-order valence-corrected chi connectivity index (χ2v) is 1.87. The van der Waals surface area contributed by atoms with Crippen LogP contribution >= 0.6 is 0 Å². The molecular weight excluding hydrogens is 175 g/mol. The first-order chi connectivity index (χ1) is 5.39. The van der Waals surface area contributed by atoms with Gasteiger partial charge in [-0.25, -0.2) is 0 Å². The molecule has 0 unspecified atom stereocenters. The number of nitrogen functional groups attached to an aromatic ring is 2. The fourth-order valence-electron chi connectivity index (χ4n) is 0.536. The van der Waals surface area contributed by atoms with Crippen molar-refractivity contribution in [3.63, 3.8) is 0 Å². The molecule has 0 aromatic carbocycles. The molecule has 66 valence electrons. The molecule has 0 saturated heterocycles. The third-order valence-electron chi connectivity index (χ3n) is 0.924. The van der Waals surface area contributed by atoms with Crippen molar-refractivity contribution in [1.29, 1.82) is 0 Å². The van der Waals surface area contributed by atoms with Crippen molar-refractivity contribution in [2.75, 3.05) is 11.5 Å². The fraction of sp³-hybridized carbons (Fsp3) is 0.250. The zero-order valence-corrected chi connectivity index (χ0v) is 5.63. The highest BCUT2D eigenvalue weighted by Gasteiger charge is 2.35. The summed E-state index contributed by atoms with van der Waals surface area (Å²) in [4.78, 5) is 8.89. The van der Waals surface area contributed by atoms with Crippen LogP contribution in [0.15, 0.2) is 0 Å². The summed E-state index contributed by atoms with van der Waals surface area (Å²) in [6.07, 6.45) is -4.65. The Kier molecular flexibility index (Phi) is 1.75.